The molecule has 0 bridgehead atoms. The van der Waals surface area contributed by atoms with E-state index in [1.54, 1.807) is 25.1 Å². The summed E-state index contributed by atoms with van der Waals surface area (Å²) in [6, 6.07) is 9.15. The Morgan fingerprint density at radius 1 is 1.06 bits per heavy atom. The first-order valence-electron chi connectivity index (χ1n) is 10.6. The van der Waals surface area contributed by atoms with Crippen LogP contribution in [0.25, 0.3) is 0 Å². The van der Waals surface area contributed by atoms with Gasteiger partial charge in [0, 0.05) is 33.2 Å². The molecule has 0 spiro atoms. The minimum absolute atomic E-state index is 0.113. The lowest BCUT2D eigenvalue weighted by Crippen LogP contribution is -2.63. The summed E-state index contributed by atoms with van der Waals surface area (Å²) in [5.41, 5.74) is 3.46. The molecule has 3 aliphatic rings. The van der Waals surface area contributed by atoms with E-state index in [1.165, 1.54) is 16.0 Å². The van der Waals surface area contributed by atoms with Crippen molar-refractivity contribution >= 4 is 23.5 Å². The van der Waals surface area contributed by atoms with E-state index in [2.05, 4.69) is 42.3 Å². The Balaban J connectivity index is 1.67. The molecule has 1 aromatic heterocycles. The minimum atomic E-state index is -0.355. The number of piperazine rings is 1. The van der Waals surface area contributed by atoms with Crippen molar-refractivity contribution in [3.8, 4) is 0 Å². The second-order valence-corrected chi connectivity index (χ2v) is 9.35. The molecule has 3 fully saturated rings. The zero-order chi connectivity index (χ0) is 22.0. The molecule has 31 heavy (non-hydrogen) atoms. The fourth-order valence-corrected chi connectivity index (χ4v) is 6.06. The number of halogens is 1. The minimum Gasteiger partial charge on any atom is -0.448 e. The molecule has 1 N–H and O–H groups in total. The molecule has 5 rings (SSSR count). The number of hydrogen-bond acceptors (Lipinski definition) is 5. The first-order valence-corrected chi connectivity index (χ1v) is 11.0. The number of furan rings is 1. The van der Waals surface area contributed by atoms with E-state index >= 15 is 0 Å². The molecular formula is C23H27ClN4O3. The number of fused-ring (bicyclic) bond motifs is 3. The monoisotopic (exact) mass is 442 g/mol. The van der Waals surface area contributed by atoms with Gasteiger partial charge in [0.25, 0.3) is 0 Å². The zero-order valence-corrected chi connectivity index (χ0v) is 18.9. The molecule has 1 aromatic carbocycles. The molecule has 5 unspecified atom stereocenters. The summed E-state index contributed by atoms with van der Waals surface area (Å²) < 4.78 is 5.78. The molecule has 3 amide bonds. The average Bonchev–Trinajstić information content (AvgIpc) is 3.31. The van der Waals surface area contributed by atoms with Crippen LogP contribution in [0.3, 0.4) is 0 Å². The summed E-state index contributed by atoms with van der Waals surface area (Å²) in [6.07, 6.45) is 0. The Labute approximate surface area is 186 Å². The number of nitrogens with one attached hydrogen (secondary N) is 1. The Hall–Kier alpha value is -2.35. The number of nitrogens with zero attached hydrogens (tertiary/aromatic N) is 3. The van der Waals surface area contributed by atoms with E-state index in [4.69, 9.17) is 16.0 Å². The Bertz CT molecular complexity index is 1030. The van der Waals surface area contributed by atoms with Crippen molar-refractivity contribution in [1.29, 1.82) is 0 Å². The maximum Gasteiger partial charge on any atom is 0.326 e. The highest BCUT2D eigenvalue weighted by atomic mass is 35.5. The van der Waals surface area contributed by atoms with Crippen LogP contribution in [0.4, 0.5) is 4.79 Å². The summed E-state index contributed by atoms with van der Waals surface area (Å²) in [6.45, 7) is 5.69. The van der Waals surface area contributed by atoms with Gasteiger partial charge in [-0.3, -0.25) is 14.6 Å². The number of urea groups is 1. The van der Waals surface area contributed by atoms with E-state index < -0.39 is 0 Å². The van der Waals surface area contributed by atoms with Gasteiger partial charge in [0.1, 0.15) is 5.76 Å². The fourth-order valence-electron chi connectivity index (χ4n) is 5.91. The zero-order valence-electron chi connectivity index (χ0n) is 18.1. The van der Waals surface area contributed by atoms with Gasteiger partial charge < -0.3 is 14.6 Å². The van der Waals surface area contributed by atoms with Gasteiger partial charge in [0.15, 0.2) is 5.22 Å². The van der Waals surface area contributed by atoms with Crippen molar-refractivity contribution in [1.82, 2.24) is 20.0 Å². The van der Waals surface area contributed by atoms with Gasteiger partial charge in [-0.25, -0.2) is 4.79 Å². The van der Waals surface area contributed by atoms with Crippen LogP contribution in [0.1, 0.15) is 34.5 Å². The van der Waals surface area contributed by atoms with Crippen molar-refractivity contribution in [3.05, 3.63) is 58.0 Å². The van der Waals surface area contributed by atoms with Crippen molar-refractivity contribution in [3.63, 3.8) is 0 Å². The quantitative estimate of drug-likeness (QED) is 0.773. The van der Waals surface area contributed by atoms with Crippen molar-refractivity contribution < 1.29 is 14.0 Å². The van der Waals surface area contributed by atoms with Crippen molar-refractivity contribution in [2.75, 3.05) is 27.2 Å². The SMILES string of the molecule is Cc1cc(C)cc(C2C3C(=O)N(C)C(=O)N(C)C3C3C(c4ccc(Cl)o4)NCCN23)c1. The molecule has 7 nitrogen and oxygen atoms in total. The highest BCUT2D eigenvalue weighted by Gasteiger charge is 2.61. The van der Waals surface area contributed by atoms with E-state index in [-0.39, 0.29) is 42.0 Å². The molecule has 3 aliphatic heterocycles. The molecule has 0 radical (unpaired) electrons. The van der Waals surface area contributed by atoms with E-state index in [0.717, 1.165) is 24.4 Å². The Kier molecular flexibility index (Phi) is 4.88. The molecule has 2 aromatic rings. The number of benzene rings is 1. The van der Waals surface area contributed by atoms with Crippen LogP contribution in [0.5, 0.6) is 0 Å². The van der Waals surface area contributed by atoms with Gasteiger partial charge in [-0.1, -0.05) is 29.3 Å². The first-order chi connectivity index (χ1) is 14.8. The standard InChI is InChI=1S/C23H27ClN4O3/c1-12-9-13(2)11-14(10-12)19-17-20(26(3)23(30)27(4)22(17)29)21-18(25-7-8-28(19)21)15-5-6-16(24)31-15/h5-6,9-11,17-21,25H,7-8H2,1-4H3. The van der Waals surface area contributed by atoms with Crippen LogP contribution < -0.4 is 5.32 Å². The number of amides is 3. The van der Waals surface area contributed by atoms with Gasteiger partial charge in [-0.2, -0.15) is 0 Å². The van der Waals surface area contributed by atoms with Gasteiger partial charge in [0.05, 0.1) is 24.0 Å². The highest BCUT2D eigenvalue weighted by Crippen LogP contribution is 2.50. The molecule has 4 heterocycles. The lowest BCUT2D eigenvalue weighted by Gasteiger charge is -2.44. The summed E-state index contributed by atoms with van der Waals surface area (Å²) in [5.74, 6) is 0.251. The fraction of sp³-hybridized carbons (Fsp3) is 0.478. The lowest BCUT2D eigenvalue weighted by atomic mass is 9.84. The topological polar surface area (TPSA) is 69.0 Å². The first kappa shape index (κ1) is 20.5. The Morgan fingerprint density at radius 2 is 1.77 bits per heavy atom. The third-order valence-corrected chi connectivity index (χ3v) is 7.21. The molecule has 3 saturated heterocycles. The number of hydrogen-bond donors (Lipinski definition) is 1. The van der Waals surface area contributed by atoms with Crippen LogP contribution in [0, 0.1) is 19.8 Å². The second kappa shape index (κ2) is 7.36. The number of carbonyl (C=O) groups is 2. The van der Waals surface area contributed by atoms with Crippen LogP contribution in [-0.4, -0.2) is 65.9 Å². The van der Waals surface area contributed by atoms with E-state index in [0.29, 0.717) is 5.22 Å². The van der Waals surface area contributed by atoms with Crippen LogP contribution in [0.15, 0.2) is 34.7 Å². The van der Waals surface area contributed by atoms with Gasteiger partial charge in [0.2, 0.25) is 5.91 Å². The number of carbonyl (C=O) groups excluding carboxylic acids is 2. The lowest BCUT2D eigenvalue weighted by molar-refractivity contribution is -0.137. The summed E-state index contributed by atoms with van der Waals surface area (Å²) in [4.78, 5) is 31.8. The van der Waals surface area contributed by atoms with Gasteiger partial charge >= 0.3 is 6.03 Å². The van der Waals surface area contributed by atoms with Gasteiger partial charge in [-0.15, -0.1) is 0 Å². The molecule has 0 aliphatic carbocycles. The molecular weight excluding hydrogens is 416 g/mol. The molecule has 0 saturated carbocycles. The molecule has 8 heteroatoms. The maximum atomic E-state index is 13.5. The van der Waals surface area contributed by atoms with Crippen LogP contribution in [0.2, 0.25) is 5.22 Å². The number of rotatable bonds is 2. The maximum absolute atomic E-state index is 13.5. The average molecular weight is 443 g/mol. The largest absolute Gasteiger partial charge is 0.448 e. The van der Waals surface area contributed by atoms with Crippen LogP contribution in [-0.2, 0) is 4.79 Å². The van der Waals surface area contributed by atoms with Crippen LogP contribution >= 0.6 is 11.6 Å². The summed E-state index contributed by atoms with van der Waals surface area (Å²) >= 11 is 6.08. The molecule has 5 atom stereocenters. The Morgan fingerprint density at radius 3 is 2.42 bits per heavy atom. The van der Waals surface area contributed by atoms with Crippen molar-refractivity contribution in [2.24, 2.45) is 5.92 Å². The summed E-state index contributed by atoms with van der Waals surface area (Å²) in [7, 11) is 3.38. The van der Waals surface area contributed by atoms with E-state index in [9.17, 15) is 9.59 Å². The number of imide groups is 1. The highest BCUT2D eigenvalue weighted by molar-refractivity contribution is 6.28. The molecule has 164 valence electrons. The number of likely N-dealkylation sites (N-methyl/N-ethyl adjacent to an activating group) is 1. The third kappa shape index (κ3) is 3.10. The van der Waals surface area contributed by atoms with Gasteiger partial charge in [-0.05, 0) is 43.1 Å². The van der Waals surface area contributed by atoms with Crippen molar-refractivity contribution in [2.45, 2.75) is 38.0 Å². The predicted octanol–water partition coefficient (Wildman–Crippen LogP) is 3.13. The third-order valence-electron chi connectivity index (χ3n) is 7.01. The van der Waals surface area contributed by atoms with E-state index in [1.807, 2.05) is 6.07 Å². The smallest absolute Gasteiger partial charge is 0.326 e. The summed E-state index contributed by atoms with van der Waals surface area (Å²) in [5, 5.41) is 3.88. The predicted molar refractivity (Wildman–Crippen MR) is 117 cm³/mol. The number of aryl methyl sites for hydroxylation is 2. The second-order valence-electron chi connectivity index (χ2n) is 8.98. The normalized spacial score (nSPS) is 31.2.